The van der Waals surface area contributed by atoms with E-state index in [1.807, 2.05) is 39.8 Å². The number of fused-ring (bicyclic) bond motifs is 5. The van der Waals surface area contributed by atoms with E-state index < -0.39 is 40.4 Å². The van der Waals surface area contributed by atoms with Crippen molar-refractivity contribution >= 4 is 11.8 Å². The number of allylic oxidation sites excluding steroid dienone is 1. The zero-order valence-electron chi connectivity index (χ0n) is 25.4. The number of carbonyl (C=O) groups excluding carboxylic acids is 2. The maximum Gasteiger partial charge on any atom is 0.344 e. The van der Waals surface area contributed by atoms with Gasteiger partial charge in [-0.3, -0.25) is 4.79 Å². The van der Waals surface area contributed by atoms with Crippen LogP contribution in [0.2, 0.25) is 0 Å². The van der Waals surface area contributed by atoms with Gasteiger partial charge in [0.25, 0.3) is 0 Å². The van der Waals surface area contributed by atoms with Crippen LogP contribution in [0.15, 0.2) is 27.8 Å². The fourth-order valence-electron chi connectivity index (χ4n) is 8.59. The lowest BCUT2D eigenvalue weighted by Crippen LogP contribution is -2.68. The van der Waals surface area contributed by atoms with Gasteiger partial charge in [0.05, 0.1) is 12.0 Å². The highest BCUT2D eigenvalue weighted by Gasteiger charge is 2.77. The maximum absolute atomic E-state index is 14.8. The van der Waals surface area contributed by atoms with Crippen molar-refractivity contribution in [3.8, 4) is 0 Å². The molecule has 0 unspecified atom stereocenters. The summed E-state index contributed by atoms with van der Waals surface area (Å²) in [5.41, 5.74) is -1.47. The highest BCUT2D eigenvalue weighted by Crippen LogP contribution is 2.72. The summed E-state index contributed by atoms with van der Waals surface area (Å²) < 4.78 is 24.3. The van der Waals surface area contributed by atoms with Crippen LogP contribution in [0.3, 0.4) is 0 Å². The Morgan fingerprint density at radius 3 is 2.50 bits per heavy atom. The Labute approximate surface area is 236 Å². The molecule has 1 spiro atoms. The van der Waals surface area contributed by atoms with Crippen LogP contribution in [0.5, 0.6) is 0 Å². The number of hydrogen-bond donors (Lipinski definition) is 1. The summed E-state index contributed by atoms with van der Waals surface area (Å²) in [7, 11) is 0. The van der Waals surface area contributed by atoms with Crippen molar-refractivity contribution in [3.63, 3.8) is 0 Å². The Kier molecular flexibility index (Phi) is 5.69. The van der Waals surface area contributed by atoms with E-state index in [4.69, 9.17) is 18.7 Å². The van der Waals surface area contributed by atoms with E-state index >= 15 is 0 Å². The van der Waals surface area contributed by atoms with Crippen molar-refractivity contribution in [2.45, 2.75) is 105 Å². The van der Waals surface area contributed by atoms with Gasteiger partial charge in [-0.25, -0.2) is 4.79 Å². The van der Waals surface area contributed by atoms with Gasteiger partial charge in [0, 0.05) is 11.3 Å². The molecule has 1 aromatic rings. The van der Waals surface area contributed by atoms with Crippen LogP contribution in [0, 0.1) is 41.4 Å². The average molecular weight is 554 g/mol. The fraction of sp³-hybridized carbons (Fsp3) is 0.719. The van der Waals surface area contributed by atoms with Crippen molar-refractivity contribution in [2.75, 3.05) is 6.61 Å². The third-order valence-corrected chi connectivity index (χ3v) is 10.7. The van der Waals surface area contributed by atoms with E-state index in [1.165, 1.54) is 0 Å². The van der Waals surface area contributed by atoms with E-state index in [9.17, 15) is 14.7 Å². The predicted octanol–water partition coefficient (Wildman–Crippen LogP) is 5.07. The van der Waals surface area contributed by atoms with E-state index in [1.54, 1.807) is 20.8 Å². The zero-order valence-corrected chi connectivity index (χ0v) is 25.4. The lowest BCUT2D eigenvalue weighted by atomic mass is 9.59. The molecule has 2 bridgehead atoms. The molecule has 1 saturated heterocycles. The van der Waals surface area contributed by atoms with Crippen LogP contribution >= 0.6 is 0 Å². The first-order chi connectivity index (χ1) is 18.4. The Balaban J connectivity index is 1.51. The Bertz CT molecular complexity index is 1360. The third kappa shape index (κ3) is 3.45. The monoisotopic (exact) mass is 553 g/mol. The topological polar surface area (TPSA) is 108 Å². The Morgan fingerprint density at radius 1 is 1.18 bits per heavy atom. The highest BCUT2D eigenvalue weighted by atomic mass is 16.7. The minimum atomic E-state index is -1.86. The summed E-state index contributed by atoms with van der Waals surface area (Å²) in [4.78, 5) is 28.7. The Hall–Kier alpha value is -2.29. The molecule has 1 aliphatic heterocycles. The first kappa shape index (κ1) is 27.9. The van der Waals surface area contributed by atoms with Gasteiger partial charge >= 0.3 is 5.97 Å². The highest BCUT2D eigenvalue weighted by molar-refractivity contribution is 5.96. The van der Waals surface area contributed by atoms with E-state index in [0.29, 0.717) is 22.9 Å². The standard InChI is InChI=1S/C32H43NO7/c1-15-13-31-16(2)11-20-22(29(20,7)8)19(24(31)34)12-18-14-37-30(9,10)39-26(18)32(31,36)25(15)38-27(35)21-17(3)40-33-23(21)28(4,5)6/h12-13,16,19-20,22,25-26,36H,11,14H2,1-10H3/t16-,19+,20-,22+,25+,26-,31+,32-/m1/s1. The molecule has 1 N–H and O–H groups in total. The number of Topliss-reactive ketones (excluding diaryl/α,β-unsaturated/α-hetero) is 1. The number of carbonyl (C=O) groups is 2. The molecule has 1 aromatic heterocycles. The van der Waals surface area contributed by atoms with Gasteiger partial charge in [-0.15, -0.1) is 0 Å². The van der Waals surface area contributed by atoms with E-state index in [2.05, 4.69) is 25.9 Å². The quantitative estimate of drug-likeness (QED) is 0.399. The molecule has 0 aromatic carbocycles. The SMILES string of the molecule is CC1=C[C@]23C(=O)[C@@H](C=C4COC(C)(C)O[C@H]4[C@]2(O)[C@H]1OC(=O)c1c(C(C)(C)C)noc1C)[C@H]1[C@@H](C[C@H]3C)C1(C)C. The Morgan fingerprint density at radius 2 is 1.85 bits per heavy atom. The molecule has 4 aliphatic carbocycles. The largest absolute Gasteiger partial charge is 0.451 e. The zero-order chi connectivity index (χ0) is 29.4. The second-order valence-electron chi connectivity index (χ2n) is 15.0. The lowest BCUT2D eigenvalue weighted by molar-refractivity contribution is -0.302. The molecule has 8 atom stereocenters. The summed E-state index contributed by atoms with van der Waals surface area (Å²) >= 11 is 0. The van der Waals surface area contributed by atoms with E-state index in [-0.39, 0.29) is 41.1 Å². The first-order valence-electron chi connectivity index (χ1n) is 14.5. The molecule has 3 fully saturated rings. The number of ether oxygens (including phenoxy) is 3. The summed E-state index contributed by atoms with van der Waals surface area (Å²) in [6.07, 6.45) is 2.69. The van der Waals surface area contributed by atoms with Crippen LogP contribution in [-0.2, 0) is 24.4 Å². The van der Waals surface area contributed by atoms with Gasteiger partial charge in [-0.1, -0.05) is 58.9 Å². The molecule has 0 amide bonds. The summed E-state index contributed by atoms with van der Waals surface area (Å²) in [6.45, 7) is 19.7. The van der Waals surface area contributed by atoms with Crippen LogP contribution in [0.25, 0.3) is 0 Å². The summed E-state index contributed by atoms with van der Waals surface area (Å²) in [6, 6.07) is 0. The van der Waals surface area contributed by atoms with Crippen LogP contribution in [0.1, 0.15) is 90.5 Å². The van der Waals surface area contributed by atoms with Crippen LogP contribution in [0.4, 0.5) is 0 Å². The lowest BCUT2D eigenvalue weighted by Gasteiger charge is -2.52. The normalized spacial score (nSPS) is 41.0. The molecule has 2 heterocycles. The van der Waals surface area contributed by atoms with Crippen molar-refractivity contribution in [3.05, 3.63) is 40.3 Å². The van der Waals surface area contributed by atoms with Gasteiger partial charge in [-0.2, -0.15) is 0 Å². The number of ketones is 1. The molecular formula is C32H43NO7. The molecule has 6 rings (SSSR count). The van der Waals surface area contributed by atoms with Crippen LogP contribution in [-0.4, -0.2) is 52.2 Å². The van der Waals surface area contributed by atoms with Crippen LogP contribution < -0.4 is 0 Å². The number of aromatic nitrogens is 1. The van der Waals surface area contributed by atoms with Crippen molar-refractivity contribution in [2.24, 2.45) is 34.5 Å². The second kappa shape index (κ2) is 8.17. The second-order valence-corrected chi connectivity index (χ2v) is 15.0. The summed E-state index contributed by atoms with van der Waals surface area (Å²) in [5.74, 6) is -1.35. The van der Waals surface area contributed by atoms with Gasteiger partial charge in [-0.05, 0) is 68.4 Å². The first-order valence-corrected chi connectivity index (χ1v) is 14.5. The molecule has 2 saturated carbocycles. The molecule has 8 nitrogen and oxygen atoms in total. The van der Waals surface area contributed by atoms with Gasteiger partial charge in [0.2, 0.25) is 0 Å². The smallest absolute Gasteiger partial charge is 0.344 e. The third-order valence-electron chi connectivity index (χ3n) is 10.7. The number of rotatable bonds is 2. The number of nitrogens with zero attached hydrogens (tertiary/aromatic N) is 1. The van der Waals surface area contributed by atoms with Crippen molar-refractivity contribution < 1.29 is 33.4 Å². The number of aryl methyl sites for hydroxylation is 1. The minimum Gasteiger partial charge on any atom is -0.451 e. The predicted molar refractivity (Wildman–Crippen MR) is 146 cm³/mol. The average Bonchev–Trinajstić information content (AvgIpc) is 3.10. The maximum atomic E-state index is 14.8. The van der Waals surface area contributed by atoms with Gasteiger partial charge < -0.3 is 23.8 Å². The van der Waals surface area contributed by atoms with Gasteiger partial charge in [0.1, 0.15) is 23.1 Å². The molecule has 218 valence electrons. The molecule has 40 heavy (non-hydrogen) atoms. The molecular weight excluding hydrogens is 510 g/mol. The molecule has 5 aliphatic rings. The summed E-state index contributed by atoms with van der Waals surface area (Å²) in [5, 5.41) is 17.3. The minimum absolute atomic E-state index is 0.0154. The van der Waals surface area contributed by atoms with Crippen molar-refractivity contribution in [1.82, 2.24) is 5.16 Å². The van der Waals surface area contributed by atoms with Crippen molar-refractivity contribution in [1.29, 1.82) is 0 Å². The van der Waals surface area contributed by atoms with E-state index in [0.717, 1.165) is 12.0 Å². The van der Waals surface area contributed by atoms with Gasteiger partial charge in [0.15, 0.2) is 23.3 Å². The molecule has 8 heteroatoms. The number of hydrogen-bond acceptors (Lipinski definition) is 8. The number of aliphatic hydroxyl groups is 1. The molecule has 0 radical (unpaired) electrons. The fourth-order valence-corrected chi connectivity index (χ4v) is 8.59. The number of esters is 1.